The summed E-state index contributed by atoms with van der Waals surface area (Å²) in [6.07, 6.45) is 5.49. The summed E-state index contributed by atoms with van der Waals surface area (Å²) in [4.78, 5) is 36.2. The van der Waals surface area contributed by atoms with Crippen molar-refractivity contribution in [1.29, 1.82) is 10.5 Å². The molecular weight excluding hydrogens is 461 g/mol. The Morgan fingerprint density at radius 2 is 1.78 bits per heavy atom. The van der Waals surface area contributed by atoms with E-state index in [0.717, 1.165) is 44.3 Å². The molecule has 2 atom stereocenters. The molecule has 3 aliphatic carbocycles. The zero-order chi connectivity index (χ0) is 25.3. The van der Waals surface area contributed by atoms with Crippen molar-refractivity contribution in [2.24, 2.45) is 5.41 Å². The Morgan fingerprint density at radius 1 is 1.08 bits per heavy atom. The third-order valence-electron chi connectivity index (χ3n) is 8.80. The molecule has 3 heterocycles. The SMILES string of the molecule is N#Cc1ccc(N2CCN(C(=O)C34CCC(NCC(=O)N5C[C@@H](F)C[C@H]5C#N)(CC3)CC4)CC2)nc1. The number of hydrogen-bond acceptors (Lipinski definition) is 7. The minimum atomic E-state index is -1.13. The summed E-state index contributed by atoms with van der Waals surface area (Å²) in [7, 11) is 0. The molecule has 2 saturated heterocycles. The fourth-order valence-corrected chi connectivity index (χ4v) is 6.43. The molecule has 0 aromatic carbocycles. The highest BCUT2D eigenvalue weighted by atomic mass is 19.1. The third-order valence-corrected chi connectivity index (χ3v) is 8.80. The molecule has 6 rings (SSSR count). The molecule has 5 aliphatic rings. The number of likely N-dealkylation sites (tertiary alicyclic amines) is 1. The number of nitriles is 2. The summed E-state index contributed by atoms with van der Waals surface area (Å²) in [6, 6.07) is 7.06. The molecule has 2 aliphatic heterocycles. The highest BCUT2D eigenvalue weighted by molar-refractivity contribution is 5.83. The summed E-state index contributed by atoms with van der Waals surface area (Å²) < 4.78 is 13.7. The van der Waals surface area contributed by atoms with Gasteiger partial charge >= 0.3 is 0 Å². The van der Waals surface area contributed by atoms with Crippen LogP contribution in [0, 0.1) is 28.1 Å². The van der Waals surface area contributed by atoms with E-state index >= 15 is 0 Å². The highest BCUT2D eigenvalue weighted by Gasteiger charge is 2.53. The van der Waals surface area contributed by atoms with Gasteiger partial charge in [-0.05, 0) is 50.7 Å². The number of alkyl halides is 1. The van der Waals surface area contributed by atoms with Gasteiger partial charge < -0.3 is 20.0 Å². The van der Waals surface area contributed by atoms with Crippen LogP contribution in [0.4, 0.5) is 10.2 Å². The summed E-state index contributed by atoms with van der Waals surface area (Å²) in [5, 5.41) is 21.6. The molecule has 10 heteroatoms. The van der Waals surface area contributed by atoms with Crippen LogP contribution in [0.1, 0.15) is 50.5 Å². The third kappa shape index (κ3) is 4.51. The maximum atomic E-state index is 13.7. The van der Waals surface area contributed by atoms with Gasteiger partial charge in [0.25, 0.3) is 0 Å². The van der Waals surface area contributed by atoms with Gasteiger partial charge in [-0.25, -0.2) is 9.37 Å². The van der Waals surface area contributed by atoms with Crippen molar-refractivity contribution >= 4 is 17.6 Å². The molecule has 1 aromatic heterocycles. The predicted octanol–water partition coefficient (Wildman–Crippen LogP) is 1.75. The minimum absolute atomic E-state index is 0.00213. The number of pyridine rings is 1. The van der Waals surface area contributed by atoms with E-state index in [9.17, 15) is 19.2 Å². The Morgan fingerprint density at radius 3 is 2.36 bits per heavy atom. The summed E-state index contributed by atoms with van der Waals surface area (Å²) in [5.74, 6) is 0.864. The molecule has 0 unspecified atom stereocenters. The van der Waals surface area contributed by atoms with Crippen LogP contribution in [0.25, 0.3) is 0 Å². The maximum absolute atomic E-state index is 13.7. The number of amides is 2. The van der Waals surface area contributed by atoms with Gasteiger partial charge in [0.1, 0.15) is 24.1 Å². The maximum Gasteiger partial charge on any atom is 0.237 e. The van der Waals surface area contributed by atoms with Crippen molar-refractivity contribution in [2.45, 2.75) is 62.7 Å². The van der Waals surface area contributed by atoms with Crippen LogP contribution >= 0.6 is 0 Å². The lowest BCUT2D eigenvalue weighted by Crippen LogP contribution is -2.61. The number of aromatic nitrogens is 1. The van der Waals surface area contributed by atoms with Gasteiger partial charge in [-0.15, -0.1) is 0 Å². The van der Waals surface area contributed by atoms with E-state index in [2.05, 4.69) is 21.3 Å². The average molecular weight is 494 g/mol. The lowest BCUT2D eigenvalue weighted by Gasteiger charge is -2.54. The molecule has 3 saturated carbocycles. The first kappa shape index (κ1) is 24.5. The lowest BCUT2D eigenvalue weighted by atomic mass is 9.56. The van der Waals surface area contributed by atoms with Crippen LogP contribution in [0.2, 0.25) is 0 Å². The van der Waals surface area contributed by atoms with E-state index in [1.807, 2.05) is 17.0 Å². The Labute approximate surface area is 210 Å². The highest BCUT2D eigenvalue weighted by Crippen LogP contribution is 2.53. The van der Waals surface area contributed by atoms with Crippen LogP contribution in [0.15, 0.2) is 18.3 Å². The first-order valence-electron chi connectivity index (χ1n) is 12.9. The van der Waals surface area contributed by atoms with Gasteiger partial charge in [-0.3, -0.25) is 9.59 Å². The summed E-state index contributed by atoms with van der Waals surface area (Å²) in [6.45, 7) is 2.86. The zero-order valence-corrected chi connectivity index (χ0v) is 20.5. The van der Waals surface area contributed by atoms with E-state index in [1.165, 1.54) is 4.90 Å². The molecule has 2 bridgehead atoms. The minimum Gasteiger partial charge on any atom is -0.353 e. The molecular formula is C26H32FN7O2. The monoisotopic (exact) mass is 493 g/mol. The van der Waals surface area contributed by atoms with Gasteiger partial charge in [-0.2, -0.15) is 10.5 Å². The number of rotatable bonds is 5. The molecule has 36 heavy (non-hydrogen) atoms. The topological polar surface area (TPSA) is 116 Å². The van der Waals surface area contributed by atoms with Gasteiger partial charge in [0.05, 0.1) is 24.7 Å². The fraction of sp³-hybridized carbons (Fsp3) is 0.654. The normalized spacial score (nSPS) is 31.7. The molecule has 0 radical (unpaired) electrons. The number of anilines is 1. The van der Waals surface area contributed by atoms with E-state index < -0.39 is 12.2 Å². The van der Waals surface area contributed by atoms with Crippen LogP contribution in [-0.2, 0) is 9.59 Å². The molecule has 1 aromatic rings. The number of carbonyl (C=O) groups is 2. The standard InChI is InChI=1S/C26H32FN7O2/c27-20-13-21(15-29)34(18-20)23(35)17-31-26-6-3-25(4-7-26,5-8-26)24(36)33-11-9-32(10-12-33)22-2-1-19(14-28)16-30-22/h1-2,16,20-21,31H,3-13,17-18H2/t20-,21-,25?,26?/m0/s1. The van der Waals surface area contributed by atoms with Crippen molar-refractivity contribution in [3.63, 3.8) is 0 Å². The first-order chi connectivity index (χ1) is 17.4. The van der Waals surface area contributed by atoms with E-state index in [1.54, 1.807) is 12.3 Å². The van der Waals surface area contributed by atoms with Crippen molar-refractivity contribution < 1.29 is 14.0 Å². The summed E-state index contributed by atoms with van der Waals surface area (Å²) in [5.41, 5.74) is 0.0613. The van der Waals surface area contributed by atoms with E-state index in [4.69, 9.17) is 5.26 Å². The van der Waals surface area contributed by atoms with Crippen LogP contribution < -0.4 is 10.2 Å². The van der Waals surface area contributed by atoms with E-state index in [0.29, 0.717) is 31.7 Å². The van der Waals surface area contributed by atoms with Gasteiger partial charge in [0.15, 0.2) is 0 Å². The van der Waals surface area contributed by atoms with Crippen molar-refractivity contribution in [2.75, 3.05) is 44.2 Å². The quantitative estimate of drug-likeness (QED) is 0.664. The number of halogens is 1. The first-order valence-corrected chi connectivity index (χ1v) is 12.9. The Kier molecular flexibility index (Phi) is 6.57. The van der Waals surface area contributed by atoms with Crippen molar-refractivity contribution in [3.8, 4) is 12.1 Å². The van der Waals surface area contributed by atoms with Gasteiger partial charge in [-0.1, -0.05) is 0 Å². The van der Waals surface area contributed by atoms with E-state index in [-0.39, 0.29) is 42.3 Å². The predicted molar refractivity (Wildman–Crippen MR) is 129 cm³/mol. The molecule has 190 valence electrons. The van der Waals surface area contributed by atoms with Crippen LogP contribution in [0.3, 0.4) is 0 Å². The van der Waals surface area contributed by atoms with Gasteiger partial charge in [0.2, 0.25) is 11.8 Å². The van der Waals surface area contributed by atoms with Crippen molar-refractivity contribution in [1.82, 2.24) is 20.1 Å². The second kappa shape index (κ2) is 9.67. The zero-order valence-electron chi connectivity index (χ0n) is 20.5. The second-order valence-corrected chi connectivity index (χ2v) is 10.7. The fourth-order valence-electron chi connectivity index (χ4n) is 6.43. The number of carbonyl (C=O) groups excluding carboxylic acids is 2. The number of nitrogens with zero attached hydrogens (tertiary/aromatic N) is 6. The van der Waals surface area contributed by atoms with Crippen molar-refractivity contribution in [3.05, 3.63) is 23.9 Å². The number of fused-ring (bicyclic) bond motifs is 3. The van der Waals surface area contributed by atoms with Crippen LogP contribution in [0.5, 0.6) is 0 Å². The Bertz CT molecular complexity index is 1060. The Balaban J connectivity index is 1.12. The van der Waals surface area contributed by atoms with Crippen LogP contribution in [-0.4, -0.2) is 83.6 Å². The van der Waals surface area contributed by atoms with Gasteiger partial charge in [0, 0.05) is 49.8 Å². The number of nitrogens with one attached hydrogen (secondary N) is 1. The largest absolute Gasteiger partial charge is 0.353 e. The molecule has 0 spiro atoms. The molecule has 5 fully saturated rings. The number of hydrogen-bond donors (Lipinski definition) is 1. The Hall–Kier alpha value is -3.24. The molecule has 1 N–H and O–H groups in total. The smallest absolute Gasteiger partial charge is 0.237 e. The molecule has 9 nitrogen and oxygen atoms in total. The lowest BCUT2D eigenvalue weighted by molar-refractivity contribution is -0.150. The summed E-state index contributed by atoms with van der Waals surface area (Å²) >= 11 is 0. The molecule has 2 amide bonds. The average Bonchev–Trinajstić information content (AvgIpc) is 3.33. The number of piperazine rings is 1. The second-order valence-electron chi connectivity index (χ2n) is 10.7.